The minimum absolute atomic E-state index is 0.154. The molecule has 1 heterocycles. The molecule has 1 aromatic carbocycles. The van der Waals surface area contributed by atoms with Crippen molar-refractivity contribution in [3.8, 4) is 11.8 Å². The van der Waals surface area contributed by atoms with E-state index < -0.39 is 15.6 Å². The quantitative estimate of drug-likeness (QED) is 0.604. The molecule has 2 aliphatic rings. The van der Waals surface area contributed by atoms with Gasteiger partial charge in [-0.2, -0.15) is 9.57 Å². The number of quaternary nitrogens is 1. The fourth-order valence-electron chi connectivity index (χ4n) is 3.69. The zero-order chi connectivity index (χ0) is 21.1. The van der Waals surface area contributed by atoms with E-state index in [0.717, 1.165) is 17.7 Å². The van der Waals surface area contributed by atoms with Crippen molar-refractivity contribution in [1.82, 2.24) is 9.62 Å². The van der Waals surface area contributed by atoms with Gasteiger partial charge in [0.15, 0.2) is 6.54 Å². The zero-order valence-corrected chi connectivity index (χ0v) is 17.8. The Labute approximate surface area is 172 Å². The van der Waals surface area contributed by atoms with Crippen LogP contribution in [0.4, 0.5) is 0 Å². The summed E-state index contributed by atoms with van der Waals surface area (Å²) in [5, 5.41) is 12.2. The monoisotopic (exact) mass is 421 g/mol. The average Bonchev–Trinajstić information content (AvgIpc) is 3.55. The van der Waals surface area contributed by atoms with Gasteiger partial charge in [0.1, 0.15) is 11.3 Å². The summed E-state index contributed by atoms with van der Waals surface area (Å²) in [5.41, 5.74) is -0.796. The van der Waals surface area contributed by atoms with Crippen LogP contribution in [0, 0.1) is 17.2 Å². The Morgan fingerprint density at radius 2 is 1.93 bits per heavy atom. The Kier molecular flexibility index (Phi) is 6.46. The van der Waals surface area contributed by atoms with Gasteiger partial charge in [-0.15, -0.1) is 0 Å². The summed E-state index contributed by atoms with van der Waals surface area (Å²) < 4.78 is 32.5. The van der Waals surface area contributed by atoms with E-state index in [9.17, 15) is 18.5 Å². The van der Waals surface area contributed by atoms with E-state index in [1.165, 1.54) is 4.31 Å². The van der Waals surface area contributed by atoms with Crippen LogP contribution in [0.15, 0.2) is 29.2 Å². The zero-order valence-electron chi connectivity index (χ0n) is 17.0. The summed E-state index contributed by atoms with van der Waals surface area (Å²) in [7, 11) is -3.56. The number of nitriles is 1. The van der Waals surface area contributed by atoms with E-state index in [0.29, 0.717) is 38.5 Å². The summed E-state index contributed by atoms with van der Waals surface area (Å²) in [6, 6.07) is 8.68. The average molecular weight is 422 g/mol. The molecule has 1 aliphatic heterocycles. The molecule has 1 saturated heterocycles. The highest BCUT2D eigenvalue weighted by molar-refractivity contribution is 7.89. The fraction of sp³-hybridized carbons (Fsp3) is 0.600. The maximum atomic E-state index is 12.9. The highest BCUT2D eigenvalue weighted by atomic mass is 32.2. The van der Waals surface area contributed by atoms with Gasteiger partial charge in [0.25, 0.3) is 5.91 Å². The summed E-state index contributed by atoms with van der Waals surface area (Å²) in [6.07, 6.45) is 1.94. The molecule has 0 bridgehead atoms. The number of piperazine rings is 1. The molecule has 0 aromatic heterocycles. The molecule has 29 heavy (non-hydrogen) atoms. The van der Waals surface area contributed by atoms with Crippen molar-refractivity contribution in [2.24, 2.45) is 5.92 Å². The number of ether oxygens (including phenoxy) is 1. The van der Waals surface area contributed by atoms with Gasteiger partial charge in [-0.1, -0.05) is 0 Å². The smallest absolute Gasteiger partial charge is 0.276 e. The third-order valence-electron chi connectivity index (χ3n) is 5.64. The molecule has 8 nitrogen and oxygen atoms in total. The molecule has 2 fully saturated rings. The number of benzene rings is 1. The molecule has 1 amide bonds. The number of rotatable bonds is 8. The van der Waals surface area contributed by atoms with E-state index in [1.807, 2.05) is 6.92 Å². The maximum absolute atomic E-state index is 12.9. The molecule has 0 spiro atoms. The predicted octanol–water partition coefficient (Wildman–Crippen LogP) is -0.217. The Morgan fingerprint density at radius 3 is 2.45 bits per heavy atom. The van der Waals surface area contributed by atoms with Gasteiger partial charge in [0.05, 0.1) is 43.8 Å². The highest BCUT2D eigenvalue weighted by Gasteiger charge is 2.43. The van der Waals surface area contributed by atoms with E-state index in [1.54, 1.807) is 31.2 Å². The Balaban J connectivity index is 1.53. The lowest BCUT2D eigenvalue weighted by molar-refractivity contribution is -0.895. The molecule has 158 valence electrons. The van der Waals surface area contributed by atoms with E-state index in [-0.39, 0.29) is 23.3 Å². The summed E-state index contributed by atoms with van der Waals surface area (Å²) >= 11 is 0. The number of carbonyl (C=O) groups excluding carboxylic acids is 1. The number of hydrogen-bond donors (Lipinski definition) is 2. The Bertz CT molecular complexity index is 869. The number of nitrogens with one attached hydrogen (secondary N) is 2. The van der Waals surface area contributed by atoms with Gasteiger partial charge in [-0.3, -0.25) is 4.79 Å². The van der Waals surface area contributed by atoms with Gasteiger partial charge in [0.2, 0.25) is 10.0 Å². The van der Waals surface area contributed by atoms with Crippen LogP contribution in [0.5, 0.6) is 5.75 Å². The molecule has 0 radical (unpaired) electrons. The Morgan fingerprint density at radius 1 is 1.31 bits per heavy atom. The number of hydrogen-bond acceptors (Lipinski definition) is 5. The second kappa shape index (κ2) is 8.69. The second-order valence-electron chi connectivity index (χ2n) is 7.87. The van der Waals surface area contributed by atoms with E-state index in [2.05, 4.69) is 11.4 Å². The van der Waals surface area contributed by atoms with Crippen LogP contribution in [0.3, 0.4) is 0 Å². The van der Waals surface area contributed by atoms with Gasteiger partial charge in [-0.25, -0.2) is 8.42 Å². The van der Waals surface area contributed by atoms with Crippen molar-refractivity contribution in [2.45, 2.75) is 37.1 Å². The Hall–Kier alpha value is -2.15. The normalized spacial score (nSPS) is 20.4. The molecular formula is C20H29N4O4S+. The minimum atomic E-state index is -3.56. The summed E-state index contributed by atoms with van der Waals surface area (Å²) in [4.78, 5) is 13.6. The number of nitrogens with zero attached hydrogens (tertiary/aromatic N) is 2. The highest BCUT2D eigenvalue weighted by Crippen LogP contribution is 2.39. The lowest BCUT2D eigenvalue weighted by Crippen LogP contribution is -3.16. The molecule has 1 saturated carbocycles. The van der Waals surface area contributed by atoms with Gasteiger partial charge >= 0.3 is 0 Å². The van der Waals surface area contributed by atoms with E-state index >= 15 is 0 Å². The molecule has 1 aromatic rings. The maximum Gasteiger partial charge on any atom is 0.276 e. The first-order chi connectivity index (χ1) is 13.8. The molecule has 0 unspecified atom stereocenters. The van der Waals surface area contributed by atoms with Crippen molar-refractivity contribution >= 4 is 15.9 Å². The largest absolute Gasteiger partial charge is 0.494 e. The van der Waals surface area contributed by atoms with Crippen LogP contribution in [-0.4, -0.2) is 63.5 Å². The minimum Gasteiger partial charge on any atom is -0.494 e. The third kappa shape index (κ3) is 5.07. The lowest BCUT2D eigenvalue weighted by Gasteiger charge is -2.32. The van der Waals surface area contributed by atoms with Crippen molar-refractivity contribution in [3.63, 3.8) is 0 Å². The molecule has 9 heteroatoms. The van der Waals surface area contributed by atoms with Gasteiger partial charge < -0.3 is 15.0 Å². The molecule has 1 atom stereocenters. The first-order valence-corrected chi connectivity index (χ1v) is 11.5. The molecule has 2 N–H and O–H groups in total. The second-order valence-corrected chi connectivity index (χ2v) is 9.81. The molecule has 3 rings (SSSR count). The van der Waals surface area contributed by atoms with Crippen molar-refractivity contribution < 1.29 is 22.8 Å². The number of sulfonamides is 1. The number of carbonyl (C=O) groups is 1. The SMILES string of the molecule is CCOc1ccc(S(=O)(=O)N2CC[NH+](CC(=O)N[C@](C)(C#N)C3CC3)CC2)cc1. The van der Waals surface area contributed by atoms with Crippen LogP contribution in [-0.2, 0) is 14.8 Å². The van der Waals surface area contributed by atoms with Crippen LogP contribution in [0.25, 0.3) is 0 Å². The van der Waals surface area contributed by atoms with Crippen LogP contribution in [0.2, 0.25) is 0 Å². The topological polar surface area (TPSA) is 104 Å². The number of amides is 1. The third-order valence-corrected chi connectivity index (χ3v) is 7.55. The first kappa shape index (κ1) is 21.6. The van der Waals surface area contributed by atoms with Crippen LogP contribution < -0.4 is 15.0 Å². The van der Waals surface area contributed by atoms with Crippen LogP contribution >= 0.6 is 0 Å². The van der Waals surface area contributed by atoms with Crippen LogP contribution in [0.1, 0.15) is 26.7 Å². The van der Waals surface area contributed by atoms with Crippen molar-refractivity contribution in [1.29, 1.82) is 5.26 Å². The summed E-state index contributed by atoms with van der Waals surface area (Å²) in [6.45, 7) is 6.25. The summed E-state index contributed by atoms with van der Waals surface area (Å²) in [5.74, 6) is 0.726. The molecule has 1 aliphatic carbocycles. The van der Waals surface area contributed by atoms with E-state index in [4.69, 9.17) is 4.74 Å². The first-order valence-electron chi connectivity index (χ1n) is 10.1. The van der Waals surface area contributed by atoms with Crippen molar-refractivity contribution in [3.05, 3.63) is 24.3 Å². The van der Waals surface area contributed by atoms with Gasteiger partial charge in [-0.05, 0) is 56.9 Å². The lowest BCUT2D eigenvalue weighted by atomic mass is 9.98. The standard InChI is InChI=1S/C20H28N4O4S/c1-3-28-17-6-8-18(9-7-17)29(26,27)24-12-10-23(11-13-24)14-19(25)22-20(2,15-21)16-4-5-16/h6-9,16H,3-5,10-14H2,1-2H3,(H,22,25)/p+1/t20-/m1/s1. The van der Waals surface area contributed by atoms with Crippen molar-refractivity contribution in [2.75, 3.05) is 39.3 Å². The van der Waals surface area contributed by atoms with Gasteiger partial charge in [0, 0.05) is 0 Å². The fourth-order valence-corrected chi connectivity index (χ4v) is 5.13. The predicted molar refractivity (Wildman–Crippen MR) is 107 cm³/mol. The molecular weight excluding hydrogens is 392 g/mol.